The molecule has 0 unspecified atom stereocenters. The summed E-state index contributed by atoms with van der Waals surface area (Å²) < 4.78 is 0. The quantitative estimate of drug-likeness (QED) is 0.869. The summed E-state index contributed by atoms with van der Waals surface area (Å²) in [7, 11) is 1.92. The van der Waals surface area contributed by atoms with Crippen molar-refractivity contribution in [3.05, 3.63) is 59.2 Å². The summed E-state index contributed by atoms with van der Waals surface area (Å²) in [6.45, 7) is 2.91. The van der Waals surface area contributed by atoms with Crippen LogP contribution < -0.4 is 5.32 Å². The van der Waals surface area contributed by atoms with E-state index < -0.39 is 0 Å². The highest BCUT2D eigenvalue weighted by Crippen LogP contribution is 2.08. The van der Waals surface area contributed by atoms with Crippen molar-refractivity contribution in [2.24, 2.45) is 0 Å². The Morgan fingerprint density at radius 1 is 1.12 bits per heavy atom. The lowest BCUT2D eigenvalue weighted by Gasteiger charge is -2.03. The molecule has 1 N–H and O–H groups in total. The SMILES string of the molecule is CNCc1cnc(Cc2cccc(C)c2)nc1. The van der Waals surface area contributed by atoms with E-state index in [0.717, 1.165) is 24.4 Å². The van der Waals surface area contributed by atoms with E-state index >= 15 is 0 Å². The molecule has 3 heteroatoms. The Hall–Kier alpha value is -1.74. The molecule has 3 nitrogen and oxygen atoms in total. The van der Waals surface area contributed by atoms with Crippen molar-refractivity contribution in [1.82, 2.24) is 15.3 Å². The maximum atomic E-state index is 4.37. The topological polar surface area (TPSA) is 37.8 Å². The summed E-state index contributed by atoms with van der Waals surface area (Å²) in [5.41, 5.74) is 3.64. The molecule has 1 heterocycles. The zero-order valence-electron chi connectivity index (χ0n) is 10.3. The zero-order valence-corrected chi connectivity index (χ0v) is 10.3. The van der Waals surface area contributed by atoms with Crippen molar-refractivity contribution in [2.75, 3.05) is 7.05 Å². The van der Waals surface area contributed by atoms with Crippen LogP contribution >= 0.6 is 0 Å². The van der Waals surface area contributed by atoms with Crippen molar-refractivity contribution in [3.63, 3.8) is 0 Å². The summed E-state index contributed by atoms with van der Waals surface area (Å²) in [6.07, 6.45) is 4.56. The summed E-state index contributed by atoms with van der Waals surface area (Å²) >= 11 is 0. The molecule has 0 aliphatic carbocycles. The highest BCUT2D eigenvalue weighted by Gasteiger charge is 2.00. The fourth-order valence-corrected chi connectivity index (χ4v) is 1.77. The van der Waals surface area contributed by atoms with Crippen molar-refractivity contribution in [1.29, 1.82) is 0 Å². The van der Waals surface area contributed by atoms with Gasteiger partial charge in [-0.15, -0.1) is 0 Å². The molecule has 0 bridgehead atoms. The highest BCUT2D eigenvalue weighted by molar-refractivity contribution is 5.24. The number of rotatable bonds is 4. The molecule has 2 rings (SSSR count). The van der Waals surface area contributed by atoms with Crippen LogP contribution in [0.1, 0.15) is 22.5 Å². The Balaban J connectivity index is 2.08. The minimum atomic E-state index is 0.793. The van der Waals surface area contributed by atoms with Gasteiger partial charge in [-0.1, -0.05) is 29.8 Å². The molecule has 0 amide bonds. The number of aryl methyl sites for hydroxylation is 1. The first-order chi connectivity index (χ1) is 8.28. The van der Waals surface area contributed by atoms with E-state index in [1.807, 2.05) is 19.4 Å². The Morgan fingerprint density at radius 2 is 1.88 bits per heavy atom. The fraction of sp³-hybridized carbons (Fsp3) is 0.286. The lowest BCUT2D eigenvalue weighted by atomic mass is 10.1. The van der Waals surface area contributed by atoms with Crippen LogP contribution in [-0.2, 0) is 13.0 Å². The monoisotopic (exact) mass is 227 g/mol. The second kappa shape index (κ2) is 5.55. The molecule has 0 spiro atoms. The van der Waals surface area contributed by atoms with Gasteiger partial charge >= 0.3 is 0 Å². The Morgan fingerprint density at radius 3 is 2.53 bits per heavy atom. The summed E-state index contributed by atoms with van der Waals surface area (Å²) in [6, 6.07) is 8.45. The van der Waals surface area contributed by atoms with E-state index in [1.165, 1.54) is 11.1 Å². The fourth-order valence-electron chi connectivity index (χ4n) is 1.77. The summed E-state index contributed by atoms with van der Waals surface area (Å²) in [5, 5.41) is 3.08. The molecule has 0 aliphatic rings. The van der Waals surface area contributed by atoms with Crippen molar-refractivity contribution in [3.8, 4) is 0 Å². The van der Waals surface area contributed by atoms with E-state index in [-0.39, 0.29) is 0 Å². The van der Waals surface area contributed by atoms with Gasteiger partial charge in [0.1, 0.15) is 5.82 Å². The second-order valence-electron chi connectivity index (χ2n) is 4.20. The molecule has 17 heavy (non-hydrogen) atoms. The number of benzene rings is 1. The number of nitrogens with zero attached hydrogens (tertiary/aromatic N) is 2. The second-order valence-corrected chi connectivity index (χ2v) is 4.20. The van der Waals surface area contributed by atoms with Gasteiger partial charge in [-0.05, 0) is 19.5 Å². The van der Waals surface area contributed by atoms with Gasteiger partial charge in [-0.2, -0.15) is 0 Å². The van der Waals surface area contributed by atoms with Crippen molar-refractivity contribution < 1.29 is 0 Å². The first kappa shape index (κ1) is 11.7. The molecule has 0 fully saturated rings. The molecule has 88 valence electrons. The predicted octanol–water partition coefficient (Wildman–Crippen LogP) is 2.10. The smallest absolute Gasteiger partial charge is 0.132 e. The van der Waals surface area contributed by atoms with E-state index in [1.54, 1.807) is 0 Å². The van der Waals surface area contributed by atoms with Crippen molar-refractivity contribution >= 4 is 0 Å². The molecule has 0 radical (unpaired) electrons. The summed E-state index contributed by atoms with van der Waals surface area (Å²) in [4.78, 5) is 8.74. The summed E-state index contributed by atoms with van der Waals surface area (Å²) in [5.74, 6) is 0.871. The van der Waals surface area contributed by atoms with Gasteiger partial charge in [-0.3, -0.25) is 0 Å². The van der Waals surface area contributed by atoms with Crippen LogP contribution in [0.3, 0.4) is 0 Å². The molecule has 1 aromatic carbocycles. The average Bonchev–Trinajstić information content (AvgIpc) is 2.32. The van der Waals surface area contributed by atoms with Crippen LogP contribution in [0.2, 0.25) is 0 Å². The van der Waals surface area contributed by atoms with Gasteiger partial charge in [-0.25, -0.2) is 9.97 Å². The van der Waals surface area contributed by atoms with Crippen LogP contribution in [0, 0.1) is 6.92 Å². The largest absolute Gasteiger partial charge is 0.316 e. The third kappa shape index (κ3) is 3.36. The first-order valence-electron chi connectivity index (χ1n) is 5.78. The standard InChI is InChI=1S/C14H17N3/c1-11-4-3-5-12(6-11)7-14-16-9-13(8-15-2)10-17-14/h3-6,9-10,15H,7-8H2,1-2H3. The average molecular weight is 227 g/mol. The molecule has 0 saturated carbocycles. The predicted molar refractivity (Wildman–Crippen MR) is 68.8 cm³/mol. The van der Waals surface area contributed by atoms with E-state index in [9.17, 15) is 0 Å². The first-order valence-corrected chi connectivity index (χ1v) is 5.78. The lowest BCUT2D eigenvalue weighted by molar-refractivity contribution is 0.798. The van der Waals surface area contributed by atoms with Crippen LogP contribution in [0.15, 0.2) is 36.7 Å². The van der Waals surface area contributed by atoms with Gasteiger partial charge in [0.15, 0.2) is 0 Å². The van der Waals surface area contributed by atoms with Gasteiger partial charge < -0.3 is 5.32 Å². The molecule has 1 aromatic heterocycles. The Kier molecular flexibility index (Phi) is 3.83. The number of hydrogen-bond donors (Lipinski definition) is 1. The number of nitrogens with one attached hydrogen (secondary N) is 1. The van der Waals surface area contributed by atoms with E-state index in [4.69, 9.17) is 0 Å². The van der Waals surface area contributed by atoms with Gasteiger partial charge in [0, 0.05) is 30.9 Å². The minimum Gasteiger partial charge on any atom is -0.316 e. The molecule has 0 saturated heterocycles. The third-order valence-corrected chi connectivity index (χ3v) is 2.58. The lowest BCUT2D eigenvalue weighted by Crippen LogP contribution is -2.07. The Bertz CT molecular complexity index is 477. The van der Waals surface area contributed by atoms with Crippen LogP contribution in [0.25, 0.3) is 0 Å². The number of hydrogen-bond acceptors (Lipinski definition) is 3. The molecule has 0 atom stereocenters. The van der Waals surface area contributed by atoms with Gasteiger partial charge in [0.05, 0.1) is 0 Å². The minimum absolute atomic E-state index is 0.793. The molecule has 2 aromatic rings. The third-order valence-electron chi connectivity index (χ3n) is 2.58. The van der Waals surface area contributed by atoms with Crippen LogP contribution in [0.4, 0.5) is 0 Å². The normalized spacial score (nSPS) is 10.5. The maximum absolute atomic E-state index is 4.37. The van der Waals surface area contributed by atoms with Crippen molar-refractivity contribution in [2.45, 2.75) is 19.9 Å². The van der Waals surface area contributed by atoms with E-state index in [2.05, 4.69) is 46.5 Å². The maximum Gasteiger partial charge on any atom is 0.132 e. The highest BCUT2D eigenvalue weighted by atomic mass is 14.9. The number of aromatic nitrogens is 2. The van der Waals surface area contributed by atoms with Crippen LogP contribution in [0.5, 0.6) is 0 Å². The van der Waals surface area contributed by atoms with E-state index in [0.29, 0.717) is 0 Å². The zero-order chi connectivity index (χ0) is 12.1. The molecular weight excluding hydrogens is 210 g/mol. The van der Waals surface area contributed by atoms with Gasteiger partial charge in [0.2, 0.25) is 0 Å². The van der Waals surface area contributed by atoms with Crippen LogP contribution in [-0.4, -0.2) is 17.0 Å². The molecule has 0 aliphatic heterocycles. The molecular formula is C14H17N3. The van der Waals surface area contributed by atoms with Gasteiger partial charge in [0.25, 0.3) is 0 Å². The Labute approximate surface area is 102 Å².